The minimum atomic E-state index is 0.0443. The molecule has 1 amide bonds. The third kappa shape index (κ3) is 5.59. The van der Waals surface area contributed by atoms with Crippen LogP contribution in [0.3, 0.4) is 0 Å². The molecule has 0 aliphatic rings. The minimum Gasteiger partial charge on any atom is -0.494 e. The van der Waals surface area contributed by atoms with E-state index in [1.807, 2.05) is 36.4 Å². The summed E-state index contributed by atoms with van der Waals surface area (Å²) in [7, 11) is 0. The van der Waals surface area contributed by atoms with Crippen LogP contribution in [-0.4, -0.2) is 29.0 Å². The highest BCUT2D eigenvalue weighted by Crippen LogP contribution is 2.24. The van der Waals surface area contributed by atoms with Gasteiger partial charge in [0.2, 0.25) is 5.91 Å². The summed E-state index contributed by atoms with van der Waals surface area (Å²) < 4.78 is 5.74. The third-order valence-corrected chi connectivity index (χ3v) is 4.66. The second-order valence-electron chi connectivity index (χ2n) is 8.03. The number of carbonyl (C=O) groups excluding carboxylic acids is 1. The summed E-state index contributed by atoms with van der Waals surface area (Å²) in [4.78, 5) is 19.8. The number of aromatic amines is 1. The lowest BCUT2D eigenvalue weighted by atomic mass is 9.87. The van der Waals surface area contributed by atoms with Crippen LogP contribution < -0.4 is 10.1 Å². The van der Waals surface area contributed by atoms with E-state index in [0.717, 1.165) is 22.6 Å². The average Bonchev–Trinajstić information content (AvgIpc) is 3.08. The van der Waals surface area contributed by atoms with Crippen LogP contribution in [0, 0.1) is 0 Å². The van der Waals surface area contributed by atoms with E-state index in [0.29, 0.717) is 32.4 Å². The Morgan fingerprint density at radius 3 is 2.57 bits per heavy atom. The minimum absolute atomic E-state index is 0.0443. The summed E-state index contributed by atoms with van der Waals surface area (Å²) >= 11 is 0. The van der Waals surface area contributed by atoms with Gasteiger partial charge >= 0.3 is 0 Å². The Labute approximate surface area is 166 Å². The largest absolute Gasteiger partial charge is 0.494 e. The van der Waals surface area contributed by atoms with E-state index in [1.54, 1.807) is 0 Å². The maximum atomic E-state index is 12.0. The molecule has 0 unspecified atom stereocenters. The van der Waals surface area contributed by atoms with Crippen LogP contribution in [0.5, 0.6) is 5.75 Å². The number of carbonyl (C=O) groups is 1. The van der Waals surface area contributed by atoms with Gasteiger partial charge in [-0.25, -0.2) is 4.98 Å². The fraction of sp³-hybridized carbons (Fsp3) is 0.391. The number of rotatable bonds is 8. The second-order valence-corrected chi connectivity index (χ2v) is 8.03. The molecule has 0 bridgehead atoms. The number of para-hydroxylation sites is 2. The second kappa shape index (κ2) is 8.91. The molecule has 2 N–H and O–H groups in total. The van der Waals surface area contributed by atoms with Crippen molar-refractivity contribution < 1.29 is 9.53 Å². The molecule has 28 heavy (non-hydrogen) atoms. The fourth-order valence-electron chi connectivity index (χ4n) is 3.01. The van der Waals surface area contributed by atoms with Crippen molar-refractivity contribution in [3.63, 3.8) is 0 Å². The molecule has 3 aromatic rings. The number of benzene rings is 2. The highest BCUT2D eigenvalue weighted by atomic mass is 16.5. The zero-order valence-corrected chi connectivity index (χ0v) is 16.9. The smallest absolute Gasteiger partial charge is 0.220 e. The topological polar surface area (TPSA) is 67.0 Å². The summed E-state index contributed by atoms with van der Waals surface area (Å²) in [6.45, 7) is 7.68. The summed E-state index contributed by atoms with van der Waals surface area (Å²) in [5, 5.41) is 2.94. The molecule has 0 atom stereocenters. The quantitative estimate of drug-likeness (QED) is 0.571. The first-order valence-electron chi connectivity index (χ1n) is 9.85. The highest BCUT2D eigenvalue weighted by Gasteiger charge is 2.13. The van der Waals surface area contributed by atoms with Gasteiger partial charge in [0.1, 0.15) is 11.6 Å². The van der Waals surface area contributed by atoms with E-state index in [1.165, 1.54) is 5.56 Å². The standard InChI is InChI=1S/C23H29N3O2/c1-23(2,3)17-10-12-18(13-11-17)28-16-6-9-22(27)24-15-14-21-25-19-7-4-5-8-20(19)26-21/h4-5,7-8,10-13H,6,9,14-16H2,1-3H3,(H,24,27)(H,25,26). The van der Waals surface area contributed by atoms with Crippen molar-refractivity contribution >= 4 is 16.9 Å². The van der Waals surface area contributed by atoms with Gasteiger partial charge in [-0.1, -0.05) is 45.0 Å². The van der Waals surface area contributed by atoms with E-state index in [2.05, 4.69) is 48.2 Å². The molecule has 1 aromatic heterocycles. The lowest BCUT2D eigenvalue weighted by molar-refractivity contribution is -0.121. The van der Waals surface area contributed by atoms with Gasteiger partial charge in [0.05, 0.1) is 17.6 Å². The van der Waals surface area contributed by atoms with Gasteiger partial charge in [0.25, 0.3) is 0 Å². The Morgan fingerprint density at radius 2 is 1.86 bits per heavy atom. The zero-order chi connectivity index (χ0) is 20.0. The number of H-pyrrole nitrogens is 1. The number of hydrogen-bond acceptors (Lipinski definition) is 3. The number of hydrogen-bond donors (Lipinski definition) is 2. The molecule has 0 radical (unpaired) electrons. The van der Waals surface area contributed by atoms with Crippen LogP contribution >= 0.6 is 0 Å². The monoisotopic (exact) mass is 379 g/mol. The predicted molar refractivity (Wildman–Crippen MR) is 113 cm³/mol. The van der Waals surface area contributed by atoms with Crippen LogP contribution in [-0.2, 0) is 16.6 Å². The molecule has 148 valence electrons. The number of imidazole rings is 1. The Kier molecular flexibility index (Phi) is 6.34. The van der Waals surface area contributed by atoms with E-state index < -0.39 is 0 Å². The van der Waals surface area contributed by atoms with Crippen molar-refractivity contribution in [1.82, 2.24) is 15.3 Å². The third-order valence-electron chi connectivity index (χ3n) is 4.66. The van der Waals surface area contributed by atoms with Gasteiger partial charge in [-0.2, -0.15) is 0 Å². The first-order chi connectivity index (χ1) is 13.4. The van der Waals surface area contributed by atoms with Crippen LogP contribution in [0.25, 0.3) is 11.0 Å². The van der Waals surface area contributed by atoms with Crippen LogP contribution in [0.15, 0.2) is 48.5 Å². The maximum Gasteiger partial charge on any atom is 0.220 e. The fourth-order valence-corrected chi connectivity index (χ4v) is 3.01. The molecule has 0 aliphatic carbocycles. The molecule has 1 heterocycles. The van der Waals surface area contributed by atoms with E-state index in [4.69, 9.17) is 4.74 Å². The predicted octanol–water partition coefficient (Wildman–Crippen LogP) is 4.38. The van der Waals surface area contributed by atoms with Crippen molar-refractivity contribution in [2.75, 3.05) is 13.2 Å². The lowest BCUT2D eigenvalue weighted by Crippen LogP contribution is -2.26. The molecular formula is C23H29N3O2. The molecule has 0 fully saturated rings. The van der Waals surface area contributed by atoms with Gasteiger partial charge < -0.3 is 15.0 Å². The van der Waals surface area contributed by atoms with Crippen molar-refractivity contribution in [2.24, 2.45) is 0 Å². The summed E-state index contributed by atoms with van der Waals surface area (Å²) in [6, 6.07) is 16.1. The number of amides is 1. The summed E-state index contributed by atoms with van der Waals surface area (Å²) in [5.74, 6) is 1.78. The SMILES string of the molecule is CC(C)(C)c1ccc(OCCCC(=O)NCCc2nc3ccccc3[nH]2)cc1. The molecule has 0 aliphatic heterocycles. The van der Waals surface area contributed by atoms with Gasteiger partial charge in [0, 0.05) is 19.4 Å². The van der Waals surface area contributed by atoms with Crippen molar-refractivity contribution in [2.45, 2.75) is 45.4 Å². The number of nitrogens with one attached hydrogen (secondary N) is 2. The van der Waals surface area contributed by atoms with Gasteiger partial charge in [-0.05, 0) is 41.7 Å². The van der Waals surface area contributed by atoms with Crippen LogP contribution in [0.1, 0.15) is 45.0 Å². The van der Waals surface area contributed by atoms with Gasteiger partial charge in [-0.3, -0.25) is 4.79 Å². The number of fused-ring (bicyclic) bond motifs is 1. The number of nitrogens with zero attached hydrogens (tertiary/aromatic N) is 1. The maximum absolute atomic E-state index is 12.0. The Morgan fingerprint density at radius 1 is 1.11 bits per heavy atom. The molecule has 0 saturated carbocycles. The van der Waals surface area contributed by atoms with E-state index in [9.17, 15) is 4.79 Å². The molecular weight excluding hydrogens is 350 g/mol. The molecule has 2 aromatic carbocycles. The summed E-state index contributed by atoms with van der Waals surface area (Å²) in [6.07, 6.45) is 1.84. The van der Waals surface area contributed by atoms with Gasteiger partial charge in [-0.15, -0.1) is 0 Å². The average molecular weight is 380 g/mol. The van der Waals surface area contributed by atoms with Crippen LogP contribution in [0.2, 0.25) is 0 Å². The van der Waals surface area contributed by atoms with E-state index in [-0.39, 0.29) is 11.3 Å². The first kappa shape index (κ1) is 19.9. The molecule has 0 spiro atoms. The normalized spacial score (nSPS) is 11.5. The van der Waals surface area contributed by atoms with Crippen molar-refractivity contribution in [3.05, 3.63) is 59.9 Å². The van der Waals surface area contributed by atoms with Crippen LogP contribution in [0.4, 0.5) is 0 Å². The zero-order valence-electron chi connectivity index (χ0n) is 16.9. The lowest BCUT2D eigenvalue weighted by Gasteiger charge is -2.19. The summed E-state index contributed by atoms with van der Waals surface area (Å²) in [5.41, 5.74) is 3.40. The highest BCUT2D eigenvalue weighted by molar-refractivity contribution is 5.76. The Balaban J connectivity index is 1.32. The first-order valence-corrected chi connectivity index (χ1v) is 9.85. The van der Waals surface area contributed by atoms with Crippen molar-refractivity contribution in [1.29, 1.82) is 0 Å². The van der Waals surface area contributed by atoms with Crippen molar-refractivity contribution in [3.8, 4) is 5.75 Å². The van der Waals surface area contributed by atoms with E-state index >= 15 is 0 Å². The molecule has 3 rings (SSSR count). The Hall–Kier alpha value is -2.82. The molecule has 5 heteroatoms. The van der Waals surface area contributed by atoms with Gasteiger partial charge in [0.15, 0.2) is 0 Å². The number of aromatic nitrogens is 2. The molecule has 5 nitrogen and oxygen atoms in total. The molecule has 0 saturated heterocycles. The Bertz CT molecular complexity index is 874. The number of ether oxygens (including phenoxy) is 1.